The number of aromatic carboxylic acids is 1. The molecule has 1 saturated heterocycles. The number of hydrogen-bond acceptors (Lipinski definition) is 6. The topological polar surface area (TPSA) is 99.8 Å². The van der Waals surface area contributed by atoms with Crippen LogP contribution in [0.2, 0.25) is 10.2 Å². The summed E-state index contributed by atoms with van der Waals surface area (Å²) in [5.41, 5.74) is -0.301. The molecule has 33 heavy (non-hydrogen) atoms. The molecular weight excluding hydrogens is 472 g/mol. The first-order valence-electron chi connectivity index (χ1n) is 10.3. The Hall–Kier alpha value is -2.91. The van der Waals surface area contributed by atoms with Crippen LogP contribution in [0, 0.1) is 12.3 Å². The standard InChI is InChI=1S/C22H20Cl2FN5O3/c1-11-17(29-9-22(10-29)8-21(22,2)25)28-18-12(5-13(23)7-30(18)19(11)31)6-26-14-3-4-15(24)27-16(14)20(32)33/h3-5,7,26H,6,8-10H2,1-2H3,(H,32,33). The molecule has 1 spiro atoms. The predicted octanol–water partition coefficient (Wildman–Crippen LogP) is 3.95. The van der Waals surface area contributed by atoms with E-state index in [1.54, 1.807) is 19.9 Å². The average Bonchev–Trinajstić information content (AvgIpc) is 3.31. The third-order valence-electron chi connectivity index (χ3n) is 6.64. The third kappa shape index (κ3) is 3.50. The highest BCUT2D eigenvalue weighted by atomic mass is 35.5. The van der Waals surface area contributed by atoms with Crippen molar-refractivity contribution in [3.63, 3.8) is 0 Å². The van der Waals surface area contributed by atoms with Gasteiger partial charge in [-0.25, -0.2) is 19.2 Å². The summed E-state index contributed by atoms with van der Waals surface area (Å²) in [5, 5.41) is 12.8. The first-order valence-corrected chi connectivity index (χ1v) is 11.1. The van der Waals surface area contributed by atoms with Crippen LogP contribution in [-0.4, -0.2) is 44.2 Å². The van der Waals surface area contributed by atoms with Crippen LogP contribution < -0.4 is 15.8 Å². The Bertz CT molecular complexity index is 1380. The molecule has 5 rings (SSSR count). The minimum absolute atomic E-state index is 0.0619. The van der Waals surface area contributed by atoms with E-state index < -0.39 is 11.6 Å². The number of carboxylic acid groups (broad SMARTS) is 1. The number of carboxylic acids is 1. The minimum atomic E-state index is -1.23. The molecule has 1 saturated carbocycles. The first-order chi connectivity index (χ1) is 15.5. The number of aromatic nitrogens is 3. The molecule has 8 nitrogen and oxygen atoms in total. The molecule has 2 aliphatic rings. The largest absolute Gasteiger partial charge is 0.476 e. The van der Waals surface area contributed by atoms with Crippen LogP contribution in [0.15, 0.2) is 29.2 Å². The highest BCUT2D eigenvalue weighted by Gasteiger charge is 2.71. The number of alkyl halides is 1. The summed E-state index contributed by atoms with van der Waals surface area (Å²) in [4.78, 5) is 35.1. The van der Waals surface area contributed by atoms with Gasteiger partial charge < -0.3 is 15.3 Å². The number of anilines is 2. The van der Waals surface area contributed by atoms with Gasteiger partial charge in [0, 0.05) is 36.8 Å². The Labute approximate surface area is 198 Å². The van der Waals surface area contributed by atoms with E-state index in [0.717, 1.165) is 0 Å². The second-order valence-corrected chi connectivity index (χ2v) is 9.77. The zero-order chi connectivity index (χ0) is 23.7. The van der Waals surface area contributed by atoms with Crippen LogP contribution in [0.4, 0.5) is 15.9 Å². The summed E-state index contributed by atoms with van der Waals surface area (Å²) in [6, 6.07) is 4.66. The van der Waals surface area contributed by atoms with Crippen molar-refractivity contribution in [1.29, 1.82) is 0 Å². The molecule has 1 aliphatic heterocycles. The lowest BCUT2D eigenvalue weighted by Crippen LogP contribution is -2.52. The van der Waals surface area contributed by atoms with Gasteiger partial charge in [0.25, 0.3) is 5.56 Å². The van der Waals surface area contributed by atoms with Gasteiger partial charge in [0.15, 0.2) is 5.69 Å². The number of nitrogens with one attached hydrogen (secondary N) is 1. The second-order valence-electron chi connectivity index (χ2n) is 8.94. The van der Waals surface area contributed by atoms with Crippen molar-refractivity contribution in [3.8, 4) is 0 Å². The Kier molecular flexibility index (Phi) is 4.84. The van der Waals surface area contributed by atoms with Gasteiger partial charge in [0.1, 0.15) is 22.3 Å². The van der Waals surface area contributed by atoms with Gasteiger partial charge >= 0.3 is 5.97 Å². The molecule has 1 aliphatic carbocycles. The van der Waals surface area contributed by atoms with Crippen LogP contribution in [0.25, 0.3) is 5.65 Å². The van der Waals surface area contributed by atoms with Crippen LogP contribution in [0.5, 0.6) is 0 Å². The van der Waals surface area contributed by atoms with Crippen LogP contribution >= 0.6 is 23.2 Å². The fraction of sp³-hybridized carbons (Fsp3) is 0.364. The molecule has 4 heterocycles. The maximum absolute atomic E-state index is 14.3. The summed E-state index contributed by atoms with van der Waals surface area (Å²) < 4.78 is 15.7. The molecular formula is C22H20Cl2FN5O3. The highest BCUT2D eigenvalue weighted by Crippen LogP contribution is 2.64. The van der Waals surface area contributed by atoms with E-state index >= 15 is 0 Å². The first kappa shape index (κ1) is 21.9. The zero-order valence-corrected chi connectivity index (χ0v) is 19.3. The van der Waals surface area contributed by atoms with Gasteiger partial charge in [-0.2, -0.15) is 0 Å². The Morgan fingerprint density at radius 2 is 2.00 bits per heavy atom. The molecule has 1 unspecified atom stereocenters. The summed E-state index contributed by atoms with van der Waals surface area (Å²) in [6.07, 6.45) is 2.02. The highest BCUT2D eigenvalue weighted by molar-refractivity contribution is 6.30. The van der Waals surface area contributed by atoms with E-state index in [9.17, 15) is 19.1 Å². The molecule has 2 fully saturated rings. The molecule has 0 amide bonds. The Morgan fingerprint density at radius 1 is 1.30 bits per heavy atom. The fourth-order valence-corrected chi connectivity index (χ4v) is 4.96. The number of rotatable bonds is 5. The second kappa shape index (κ2) is 7.30. The third-order valence-corrected chi connectivity index (χ3v) is 7.05. The number of halogens is 3. The molecule has 11 heteroatoms. The lowest BCUT2D eigenvalue weighted by molar-refractivity contribution is 0.0691. The average molecular weight is 492 g/mol. The normalized spacial score (nSPS) is 20.7. The van der Waals surface area contributed by atoms with Crippen molar-refractivity contribution in [3.05, 3.63) is 61.7 Å². The zero-order valence-electron chi connectivity index (χ0n) is 17.8. The van der Waals surface area contributed by atoms with E-state index in [1.807, 2.05) is 4.90 Å². The summed E-state index contributed by atoms with van der Waals surface area (Å²) in [5.74, 6) is -0.703. The van der Waals surface area contributed by atoms with Gasteiger partial charge in [-0.05, 0) is 38.5 Å². The number of hydrogen-bond donors (Lipinski definition) is 2. The summed E-state index contributed by atoms with van der Waals surface area (Å²) >= 11 is 12.1. The van der Waals surface area contributed by atoms with Crippen LogP contribution in [0.1, 0.15) is 35.0 Å². The monoisotopic (exact) mass is 491 g/mol. The SMILES string of the molecule is Cc1c(N2CC3(C2)CC3(C)F)nc2c(CNc3ccc(Cl)nc3C(=O)O)cc(Cl)cn2c1=O. The van der Waals surface area contributed by atoms with Crippen molar-refractivity contribution >= 4 is 46.3 Å². The number of fused-ring (bicyclic) bond motifs is 1. The van der Waals surface area contributed by atoms with Gasteiger partial charge in [-0.3, -0.25) is 9.20 Å². The van der Waals surface area contributed by atoms with Crippen molar-refractivity contribution in [2.45, 2.75) is 32.5 Å². The van der Waals surface area contributed by atoms with E-state index in [-0.39, 0.29) is 34.1 Å². The van der Waals surface area contributed by atoms with Gasteiger partial charge in [0.05, 0.1) is 16.3 Å². The van der Waals surface area contributed by atoms with Crippen molar-refractivity contribution < 1.29 is 14.3 Å². The van der Waals surface area contributed by atoms with Gasteiger partial charge in [0.2, 0.25) is 0 Å². The Balaban J connectivity index is 1.51. The summed E-state index contributed by atoms with van der Waals surface area (Å²) in [6.45, 7) is 4.48. The quantitative estimate of drug-likeness (QED) is 0.521. The molecule has 3 aromatic heterocycles. The van der Waals surface area contributed by atoms with Gasteiger partial charge in [-0.1, -0.05) is 23.2 Å². The van der Waals surface area contributed by atoms with E-state index in [1.165, 1.54) is 22.7 Å². The Morgan fingerprint density at radius 3 is 2.64 bits per heavy atom. The lowest BCUT2D eigenvalue weighted by Gasteiger charge is -2.42. The number of nitrogens with zero attached hydrogens (tertiary/aromatic N) is 4. The van der Waals surface area contributed by atoms with E-state index in [0.29, 0.717) is 47.1 Å². The molecule has 172 valence electrons. The number of pyridine rings is 2. The molecule has 0 aromatic carbocycles. The minimum Gasteiger partial charge on any atom is -0.476 e. The molecule has 3 aromatic rings. The van der Waals surface area contributed by atoms with Crippen molar-refractivity contribution in [1.82, 2.24) is 14.4 Å². The smallest absolute Gasteiger partial charge is 0.356 e. The van der Waals surface area contributed by atoms with Crippen molar-refractivity contribution in [2.24, 2.45) is 5.41 Å². The van der Waals surface area contributed by atoms with E-state index in [2.05, 4.69) is 10.3 Å². The van der Waals surface area contributed by atoms with Crippen LogP contribution in [-0.2, 0) is 6.54 Å². The lowest BCUT2D eigenvalue weighted by atomic mass is 9.92. The molecule has 2 N–H and O–H groups in total. The predicted molar refractivity (Wildman–Crippen MR) is 124 cm³/mol. The summed E-state index contributed by atoms with van der Waals surface area (Å²) in [7, 11) is 0. The molecule has 0 radical (unpaired) electrons. The maximum atomic E-state index is 14.3. The fourth-order valence-electron chi connectivity index (χ4n) is 4.58. The number of carbonyl (C=O) groups is 1. The van der Waals surface area contributed by atoms with Crippen LogP contribution in [0.3, 0.4) is 0 Å². The maximum Gasteiger partial charge on any atom is 0.356 e. The van der Waals surface area contributed by atoms with Gasteiger partial charge in [-0.15, -0.1) is 0 Å². The molecule has 1 atom stereocenters. The van der Waals surface area contributed by atoms with E-state index in [4.69, 9.17) is 28.2 Å². The van der Waals surface area contributed by atoms with Crippen molar-refractivity contribution in [2.75, 3.05) is 23.3 Å². The molecule has 0 bridgehead atoms.